The van der Waals surface area contributed by atoms with Crippen LogP contribution in [0.15, 0.2) is 44.9 Å². The van der Waals surface area contributed by atoms with Crippen LogP contribution in [-0.2, 0) is 29.8 Å². The Bertz CT molecular complexity index is 1880. The number of fused-ring (bicyclic) bond motifs is 1. The quantitative estimate of drug-likeness (QED) is 0.207. The number of urea groups is 1. The van der Waals surface area contributed by atoms with Crippen molar-refractivity contribution in [2.24, 2.45) is 0 Å². The van der Waals surface area contributed by atoms with Gasteiger partial charge in [-0.25, -0.2) is 9.59 Å². The van der Waals surface area contributed by atoms with Crippen molar-refractivity contribution >= 4 is 70.3 Å². The number of aromatic nitrogens is 1. The van der Waals surface area contributed by atoms with Crippen molar-refractivity contribution in [3.8, 4) is 5.75 Å². The van der Waals surface area contributed by atoms with Gasteiger partial charge in [0.2, 0.25) is 0 Å². The molecule has 1 fully saturated rings. The van der Waals surface area contributed by atoms with E-state index in [2.05, 4.69) is 10.6 Å². The molecule has 49 heavy (non-hydrogen) atoms. The Kier molecular flexibility index (Phi) is 10.6. The van der Waals surface area contributed by atoms with Crippen LogP contribution in [0.2, 0.25) is 10.0 Å². The van der Waals surface area contributed by atoms with Gasteiger partial charge in [0.05, 0.1) is 22.8 Å². The summed E-state index contributed by atoms with van der Waals surface area (Å²) < 4.78 is 39.5. The fourth-order valence-electron chi connectivity index (χ4n) is 5.32. The minimum atomic E-state index is -3.97. The number of hydrogen-bond acceptors (Lipinski definition) is 7. The molecule has 3 aromatic rings. The molecule has 2 aromatic carbocycles. The Morgan fingerprint density at radius 3 is 2.41 bits per heavy atom. The predicted octanol–water partition coefficient (Wildman–Crippen LogP) is 7.23. The van der Waals surface area contributed by atoms with Crippen LogP contribution in [0.1, 0.15) is 59.9 Å². The average Bonchev–Trinajstić information content (AvgIpc) is 3.43. The number of anilines is 1. The summed E-state index contributed by atoms with van der Waals surface area (Å²) in [4.78, 5) is 57.2. The fourth-order valence-corrected chi connectivity index (χ4v) is 7.15. The van der Waals surface area contributed by atoms with Gasteiger partial charge in [0.25, 0.3) is 11.5 Å². The molecule has 3 heterocycles. The molecule has 17 heteroatoms. The Morgan fingerprint density at radius 2 is 1.78 bits per heavy atom. The van der Waals surface area contributed by atoms with Crippen LogP contribution in [0.4, 0.5) is 24.1 Å². The lowest BCUT2D eigenvalue weighted by atomic mass is 10.1. The van der Waals surface area contributed by atoms with Crippen molar-refractivity contribution in [1.29, 1.82) is 0 Å². The fraction of sp³-hybridized carbons (Fsp3) is 0.375. The number of H-pyrrole nitrogens is 1. The number of carbonyl (C=O) groups excluding carboxylic acids is 3. The molecular formula is C32H32Cl3F2N5O6S. The number of aromatic amines is 1. The molecule has 0 radical (unpaired) electrons. The van der Waals surface area contributed by atoms with Crippen LogP contribution in [0.5, 0.6) is 5.75 Å². The number of amides is 4. The molecule has 262 valence electrons. The van der Waals surface area contributed by atoms with E-state index in [4.69, 9.17) is 44.3 Å². The van der Waals surface area contributed by atoms with E-state index in [1.54, 1.807) is 43.9 Å². The van der Waals surface area contributed by atoms with E-state index >= 15 is 0 Å². The number of benzene rings is 2. The number of rotatable bonds is 8. The first-order chi connectivity index (χ1) is 23.0. The third-order valence-electron chi connectivity index (χ3n) is 7.56. The number of methoxy groups -OCH3 is 1. The van der Waals surface area contributed by atoms with Gasteiger partial charge in [-0.2, -0.15) is 8.78 Å². The third-order valence-corrected chi connectivity index (χ3v) is 9.91. The van der Waals surface area contributed by atoms with Gasteiger partial charge < -0.3 is 30.0 Å². The zero-order valence-electron chi connectivity index (χ0n) is 26.8. The van der Waals surface area contributed by atoms with Gasteiger partial charge >= 0.3 is 17.5 Å². The van der Waals surface area contributed by atoms with E-state index in [-0.39, 0.29) is 45.5 Å². The molecule has 0 saturated carbocycles. The number of alkyl halides is 3. The molecule has 0 bridgehead atoms. The predicted molar refractivity (Wildman–Crippen MR) is 182 cm³/mol. The summed E-state index contributed by atoms with van der Waals surface area (Å²) in [6.45, 7) is 6.21. The molecule has 0 atom stereocenters. The Balaban J connectivity index is 1.48. The summed E-state index contributed by atoms with van der Waals surface area (Å²) in [5.74, 6) is -0.325. The highest BCUT2D eigenvalue weighted by atomic mass is 35.5. The second kappa shape index (κ2) is 14.3. The lowest BCUT2D eigenvalue weighted by Gasteiger charge is -2.29. The van der Waals surface area contributed by atoms with E-state index < -0.39 is 39.8 Å². The normalized spacial score (nSPS) is 14.8. The van der Waals surface area contributed by atoms with Crippen molar-refractivity contribution in [2.75, 3.05) is 25.1 Å². The van der Waals surface area contributed by atoms with E-state index in [9.17, 15) is 28.0 Å². The van der Waals surface area contributed by atoms with Gasteiger partial charge in [-0.3, -0.25) is 14.5 Å². The van der Waals surface area contributed by atoms with Crippen molar-refractivity contribution in [2.45, 2.75) is 67.6 Å². The largest absolute Gasteiger partial charge is 0.495 e. The molecule has 4 amide bonds. The minimum absolute atomic E-state index is 0.0568. The SMILES string of the molecule is COc1cc2c(cc1N1CCCNC1=O)CN(C(=O)c1c(Sc3c(Cl)ccc(CNC(=O)OC(C)(C)C)c3Cl)cc(C(F)(F)Cl)[nH]c1=O)C2. The van der Waals surface area contributed by atoms with E-state index in [1.807, 2.05) is 4.98 Å². The number of hydrogen-bond donors (Lipinski definition) is 3. The second-order valence-electron chi connectivity index (χ2n) is 12.2. The summed E-state index contributed by atoms with van der Waals surface area (Å²) >= 11 is 19.2. The number of pyridine rings is 1. The van der Waals surface area contributed by atoms with Gasteiger partial charge in [-0.15, -0.1) is 0 Å². The first-order valence-electron chi connectivity index (χ1n) is 15.0. The summed E-state index contributed by atoms with van der Waals surface area (Å²) in [5.41, 5.74) is -0.843. The topological polar surface area (TPSA) is 133 Å². The molecular weight excluding hydrogens is 727 g/mol. The lowest BCUT2D eigenvalue weighted by Crippen LogP contribution is -2.46. The number of halogens is 5. The van der Waals surface area contributed by atoms with Gasteiger partial charge in [-0.05, 0) is 79.7 Å². The maximum absolute atomic E-state index is 14.3. The smallest absolute Gasteiger partial charge is 0.407 e. The maximum Gasteiger partial charge on any atom is 0.407 e. The van der Waals surface area contributed by atoms with Crippen molar-refractivity contribution < 1.29 is 32.6 Å². The first kappa shape index (κ1) is 36.6. The standard InChI is InChI=1S/C32H32Cl3F2N5O6S/c1-31(2,3)48-30(46)39-13-16-6-7-19(33)26(25(16)34)49-22-12-23(32(35,36)37)40-27(43)24(22)28(44)41-14-17-10-20(21(47-4)11-18(17)15-41)42-9-5-8-38-29(42)45/h6-7,10-12H,5,8-9,13-15H2,1-4H3,(H,38,45)(H,39,46)(H,40,43). The summed E-state index contributed by atoms with van der Waals surface area (Å²) in [6.07, 6.45) is 0.0358. The maximum atomic E-state index is 14.3. The molecule has 0 aliphatic carbocycles. The second-order valence-corrected chi connectivity index (χ2v) is 14.6. The number of nitrogens with one attached hydrogen (secondary N) is 3. The van der Waals surface area contributed by atoms with Crippen LogP contribution < -0.4 is 25.8 Å². The highest BCUT2D eigenvalue weighted by Crippen LogP contribution is 2.43. The van der Waals surface area contributed by atoms with Crippen molar-refractivity contribution in [1.82, 2.24) is 20.5 Å². The Morgan fingerprint density at radius 1 is 1.08 bits per heavy atom. The lowest BCUT2D eigenvalue weighted by molar-refractivity contribution is 0.0523. The molecule has 11 nitrogen and oxygen atoms in total. The highest BCUT2D eigenvalue weighted by Gasteiger charge is 2.35. The summed E-state index contributed by atoms with van der Waals surface area (Å²) in [6, 6.07) is 7.17. The molecule has 1 saturated heterocycles. The number of carbonyl (C=O) groups is 3. The third kappa shape index (κ3) is 8.19. The molecule has 5 rings (SSSR count). The van der Waals surface area contributed by atoms with Crippen LogP contribution in [0, 0.1) is 0 Å². The molecule has 2 aliphatic rings. The highest BCUT2D eigenvalue weighted by molar-refractivity contribution is 7.99. The van der Waals surface area contributed by atoms with Crippen molar-refractivity contribution in [3.05, 3.63) is 78.7 Å². The van der Waals surface area contributed by atoms with Crippen LogP contribution in [-0.4, -0.2) is 53.7 Å². The molecule has 0 spiro atoms. The van der Waals surface area contributed by atoms with Gasteiger partial charge in [0.1, 0.15) is 22.6 Å². The number of nitrogens with zero attached hydrogens (tertiary/aromatic N) is 2. The zero-order valence-corrected chi connectivity index (χ0v) is 29.9. The molecule has 0 unspecified atom stereocenters. The number of ether oxygens (including phenoxy) is 2. The minimum Gasteiger partial charge on any atom is -0.495 e. The molecule has 3 N–H and O–H groups in total. The van der Waals surface area contributed by atoms with Gasteiger partial charge in [-0.1, -0.05) is 41.0 Å². The summed E-state index contributed by atoms with van der Waals surface area (Å²) in [5, 5.41) is 1.57. The Labute approximate surface area is 299 Å². The number of alkyl carbamates (subject to hydrolysis) is 1. The average molecular weight is 759 g/mol. The van der Waals surface area contributed by atoms with E-state index in [0.717, 1.165) is 29.8 Å². The van der Waals surface area contributed by atoms with Crippen molar-refractivity contribution in [3.63, 3.8) is 0 Å². The molecule has 2 aliphatic heterocycles. The van der Waals surface area contributed by atoms with E-state index in [0.29, 0.717) is 35.7 Å². The molecule has 1 aromatic heterocycles. The van der Waals surface area contributed by atoms with Crippen LogP contribution >= 0.6 is 46.6 Å². The summed E-state index contributed by atoms with van der Waals surface area (Å²) in [7, 11) is 1.47. The van der Waals surface area contributed by atoms with Crippen LogP contribution in [0.25, 0.3) is 0 Å². The zero-order chi connectivity index (χ0) is 35.8. The van der Waals surface area contributed by atoms with Gasteiger partial charge in [0.15, 0.2) is 0 Å². The van der Waals surface area contributed by atoms with Crippen LogP contribution in [0.3, 0.4) is 0 Å². The monoisotopic (exact) mass is 757 g/mol. The van der Waals surface area contributed by atoms with E-state index in [1.165, 1.54) is 18.1 Å². The van der Waals surface area contributed by atoms with Gasteiger partial charge in [0, 0.05) is 42.5 Å². The Hall–Kier alpha value is -3.72. The first-order valence-corrected chi connectivity index (χ1v) is 16.9.